The molecule has 2 amide bonds. The molecule has 1 saturated carbocycles. The van der Waals surface area contributed by atoms with E-state index in [1.165, 1.54) is 6.42 Å². The van der Waals surface area contributed by atoms with Gasteiger partial charge in [-0.05, 0) is 50.3 Å². The number of piperidine rings is 1. The van der Waals surface area contributed by atoms with Crippen molar-refractivity contribution < 1.29 is 18.8 Å². The van der Waals surface area contributed by atoms with Gasteiger partial charge in [0.15, 0.2) is 0 Å². The van der Waals surface area contributed by atoms with Crippen LogP contribution in [-0.4, -0.2) is 42.1 Å². The highest BCUT2D eigenvalue weighted by Gasteiger charge is 2.31. The third-order valence-corrected chi connectivity index (χ3v) is 6.46. The highest BCUT2D eigenvalue weighted by atomic mass is 16.5. The lowest BCUT2D eigenvalue weighted by Crippen LogP contribution is -2.42. The Bertz CT molecular complexity index is 933. The average molecular weight is 426 g/mol. The molecule has 31 heavy (non-hydrogen) atoms. The molecule has 4 rings (SSSR count). The number of ether oxygens (including phenoxy) is 1. The number of aromatic nitrogens is 1. The lowest BCUT2D eigenvalue weighted by atomic mass is 9.87. The Labute approximate surface area is 183 Å². The number of anilines is 1. The molecule has 2 fully saturated rings. The molecule has 1 atom stereocenters. The van der Waals surface area contributed by atoms with Gasteiger partial charge in [0, 0.05) is 31.0 Å². The van der Waals surface area contributed by atoms with E-state index in [-0.39, 0.29) is 29.4 Å². The van der Waals surface area contributed by atoms with Crippen LogP contribution in [0.2, 0.25) is 0 Å². The van der Waals surface area contributed by atoms with Crippen molar-refractivity contribution in [2.24, 2.45) is 5.92 Å². The molecule has 1 aliphatic heterocycles. The van der Waals surface area contributed by atoms with Crippen molar-refractivity contribution in [2.45, 2.75) is 57.8 Å². The summed E-state index contributed by atoms with van der Waals surface area (Å²) in [7, 11) is 1.57. The number of carbonyl (C=O) groups is 2. The fourth-order valence-electron chi connectivity index (χ4n) is 4.72. The Balaban J connectivity index is 1.41. The summed E-state index contributed by atoms with van der Waals surface area (Å²) in [5, 5.41) is 7.01. The molecule has 0 radical (unpaired) electrons. The van der Waals surface area contributed by atoms with E-state index in [4.69, 9.17) is 9.26 Å². The molecule has 166 valence electrons. The van der Waals surface area contributed by atoms with Gasteiger partial charge < -0.3 is 19.5 Å². The normalized spacial score (nSPS) is 19.8. The Morgan fingerprint density at radius 1 is 1.13 bits per heavy atom. The van der Waals surface area contributed by atoms with Crippen LogP contribution < -0.4 is 10.1 Å². The molecule has 1 aliphatic carbocycles. The Hall–Kier alpha value is -2.83. The number of nitrogens with one attached hydrogen (secondary N) is 1. The van der Waals surface area contributed by atoms with Gasteiger partial charge >= 0.3 is 0 Å². The maximum absolute atomic E-state index is 12.9. The molecular weight excluding hydrogens is 394 g/mol. The van der Waals surface area contributed by atoms with Gasteiger partial charge in [-0.3, -0.25) is 9.59 Å². The zero-order chi connectivity index (χ0) is 21.8. The van der Waals surface area contributed by atoms with Gasteiger partial charge in [0.1, 0.15) is 5.75 Å². The monoisotopic (exact) mass is 425 g/mol. The predicted molar refractivity (Wildman–Crippen MR) is 117 cm³/mol. The zero-order valence-electron chi connectivity index (χ0n) is 18.4. The Morgan fingerprint density at radius 3 is 2.71 bits per heavy atom. The van der Waals surface area contributed by atoms with Gasteiger partial charge in [-0.2, -0.15) is 0 Å². The van der Waals surface area contributed by atoms with Crippen LogP contribution >= 0.6 is 0 Å². The molecule has 2 aromatic rings. The average Bonchev–Trinajstić information content (AvgIpc) is 3.30. The topological polar surface area (TPSA) is 84.7 Å². The number of benzene rings is 1. The van der Waals surface area contributed by atoms with Crippen LogP contribution in [0.3, 0.4) is 0 Å². The smallest absolute Gasteiger partial charge is 0.294 e. The van der Waals surface area contributed by atoms with Gasteiger partial charge in [0.2, 0.25) is 11.7 Å². The first-order valence-electron chi connectivity index (χ1n) is 11.3. The van der Waals surface area contributed by atoms with E-state index in [1.54, 1.807) is 13.2 Å². The molecule has 2 heterocycles. The quantitative estimate of drug-likeness (QED) is 0.761. The largest absolute Gasteiger partial charge is 0.495 e. The maximum Gasteiger partial charge on any atom is 0.294 e. The highest BCUT2D eigenvalue weighted by molar-refractivity contribution is 6.03. The first-order chi connectivity index (χ1) is 15.0. The van der Waals surface area contributed by atoms with Crippen LogP contribution in [0.1, 0.15) is 72.7 Å². The first-order valence-corrected chi connectivity index (χ1v) is 11.3. The van der Waals surface area contributed by atoms with E-state index < -0.39 is 0 Å². The van der Waals surface area contributed by atoms with Gasteiger partial charge in [-0.1, -0.05) is 30.5 Å². The summed E-state index contributed by atoms with van der Waals surface area (Å²) < 4.78 is 10.7. The number of amides is 2. The minimum absolute atomic E-state index is 0.0973. The zero-order valence-corrected chi connectivity index (χ0v) is 18.4. The van der Waals surface area contributed by atoms with Gasteiger partial charge in [-0.25, -0.2) is 0 Å². The number of rotatable bonds is 5. The van der Waals surface area contributed by atoms with Crippen molar-refractivity contribution in [2.75, 3.05) is 25.5 Å². The van der Waals surface area contributed by atoms with Crippen LogP contribution in [0.25, 0.3) is 0 Å². The van der Waals surface area contributed by atoms with E-state index in [2.05, 4.69) is 10.5 Å². The number of hydrogen-bond donors (Lipinski definition) is 1. The molecular formula is C24H31N3O4. The standard InChI is InChI=1S/C24H31N3O4/c1-16-10-11-21(30-2)20(13-16)25-23(28)22-14-19(26-31-22)18-9-6-12-27(15-18)24(29)17-7-4-3-5-8-17/h10-11,13-14,17-18H,3-9,12,15H2,1-2H3,(H,25,28)/t18-/m0/s1. The van der Waals surface area contributed by atoms with E-state index in [1.807, 2.05) is 30.0 Å². The number of nitrogens with zero attached hydrogens (tertiary/aromatic N) is 2. The number of likely N-dealkylation sites (tertiary alicyclic amines) is 1. The first kappa shape index (κ1) is 21.4. The number of methoxy groups -OCH3 is 1. The molecule has 0 unspecified atom stereocenters. The molecule has 0 spiro atoms. The molecule has 1 aromatic carbocycles. The van der Waals surface area contributed by atoms with Crippen LogP contribution in [-0.2, 0) is 4.79 Å². The van der Waals surface area contributed by atoms with E-state index in [0.717, 1.165) is 56.3 Å². The van der Waals surface area contributed by atoms with E-state index >= 15 is 0 Å². The molecule has 7 heteroatoms. The molecule has 1 N–H and O–H groups in total. The summed E-state index contributed by atoms with van der Waals surface area (Å²) in [6.45, 7) is 3.41. The summed E-state index contributed by atoms with van der Waals surface area (Å²) in [6.07, 6.45) is 7.45. The van der Waals surface area contributed by atoms with Crippen LogP contribution in [0.15, 0.2) is 28.8 Å². The van der Waals surface area contributed by atoms with Gasteiger partial charge in [-0.15, -0.1) is 0 Å². The SMILES string of the molecule is COc1ccc(C)cc1NC(=O)c1cc([C@H]2CCCN(C(=O)C3CCCCC3)C2)no1. The Kier molecular flexibility index (Phi) is 6.59. The fourth-order valence-corrected chi connectivity index (χ4v) is 4.72. The fraction of sp³-hybridized carbons (Fsp3) is 0.542. The van der Waals surface area contributed by atoms with Crippen molar-refractivity contribution in [1.29, 1.82) is 0 Å². The third kappa shape index (κ3) is 4.92. The van der Waals surface area contributed by atoms with Crippen molar-refractivity contribution in [3.63, 3.8) is 0 Å². The summed E-state index contributed by atoms with van der Waals surface area (Å²) in [4.78, 5) is 27.6. The lowest BCUT2D eigenvalue weighted by Gasteiger charge is -2.35. The molecule has 1 aromatic heterocycles. The van der Waals surface area contributed by atoms with Crippen molar-refractivity contribution in [3.05, 3.63) is 41.3 Å². The lowest BCUT2D eigenvalue weighted by molar-refractivity contribution is -0.137. The van der Waals surface area contributed by atoms with Crippen LogP contribution in [0.5, 0.6) is 5.75 Å². The number of hydrogen-bond acceptors (Lipinski definition) is 5. The second-order valence-corrected chi connectivity index (χ2v) is 8.73. The van der Waals surface area contributed by atoms with Crippen molar-refractivity contribution >= 4 is 17.5 Å². The highest BCUT2D eigenvalue weighted by Crippen LogP contribution is 2.31. The van der Waals surface area contributed by atoms with E-state index in [9.17, 15) is 9.59 Å². The van der Waals surface area contributed by atoms with Gasteiger partial charge in [0.05, 0.1) is 18.5 Å². The maximum atomic E-state index is 12.9. The second kappa shape index (κ2) is 9.54. The van der Waals surface area contributed by atoms with Crippen LogP contribution in [0, 0.1) is 12.8 Å². The Morgan fingerprint density at radius 2 is 1.94 bits per heavy atom. The summed E-state index contributed by atoms with van der Waals surface area (Å²) in [5.74, 6) is 0.943. The summed E-state index contributed by atoms with van der Waals surface area (Å²) >= 11 is 0. The van der Waals surface area contributed by atoms with Gasteiger partial charge in [0.25, 0.3) is 5.91 Å². The molecule has 7 nitrogen and oxygen atoms in total. The number of aryl methyl sites for hydroxylation is 1. The molecule has 2 aliphatic rings. The van der Waals surface area contributed by atoms with E-state index in [0.29, 0.717) is 18.0 Å². The minimum Gasteiger partial charge on any atom is -0.495 e. The summed E-state index contributed by atoms with van der Waals surface area (Å²) in [5.41, 5.74) is 2.34. The second-order valence-electron chi connectivity index (χ2n) is 8.73. The summed E-state index contributed by atoms with van der Waals surface area (Å²) in [6, 6.07) is 7.29. The third-order valence-electron chi connectivity index (χ3n) is 6.46. The molecule has 0 bridgehead atoms. The van der Waals surface area contributed by atoms with Crippen molar-refractivity contribution in [1.82, 2.24) is 10.1 Å². The predicted octanol–water partition coefficient (Wildman–Crippen LogP) is 4.53. The van der Waals surface area contributed by atoms with Crippen LogP contribution in [0.4, 0.5) is 5.69 Å². The number of carbonyl (C=O) groups excluding carboxylic acids is 2. The van der Waals surface area contributed by atoms with Crippen molar-refractivity contribution in [3.8, 4) is 5.75 Å². The molecule has 1 saturated heterocycles. The minimum atomic E-state index is -0.367.